The highest BCUT2D eigenvalue weighted by atomic mass is 35.5. The molecule has 1 aromatic carbocycles. The molecule has 2 aliphatic rings. The third-order valence-corrected chi connectivity index (χ3v) is 4.93. The van der Waals surface area contributed by atoms with E-state index in [4.69, 9.17) is 5.73 Å². The predicted octanol–water partition coefficient (Wildman–Crippen LogP) is 2.31. The van der Waals surface area contributed by atoms with Gasteiger partial charge in [0.05, 0.1) is 0 Å². The SMILES string of the molecule is Cc1ccc(N)cc1C(=O)N1CCC2CCC(C1)N2C.Cl. The molecule has 21 heavy (non-hydrogen) atoms. The molecule has 4 nitrogen and oxygen atoms in total. The predicted molar refractivity (Wildman–Crippen MR) is 87.9 cm³/mol. The van der Waals surface area contributed by atoms with E-state index >= 15 is 0 Å². The maximum absolute atomic E-state index is 12.8. The van der Waals surface area contributed by atoms with Crippen molar-refractivity contribution in [1.82, 2.24) is 9.80 Å². The normalized spacial score (nSPS) is 25.3. The van der Waals surface area contributed by atoms with Crippen LogP contribution in [0.4, 0.5) is 5.69 Å². The van der Waals surface area contributed by atoms with Crippen LogP contribution >= 0.6 is 12.4 Å². The summed E-state index contributed by atoms with van der Waals surface area (Å²) >= 11 is 0. The zero-order chi connectivity index (χ0) is 14.3. The Morgan fingerprint density at radius 2 is 1.95 bits per heavy atom. The molecule has 2 fully saturated rings. The minimum Gasteiger partial charge on any atom is -0.399 e. The highest BCUT2D eigenvalue weighted by Gasteiger charge is 2.36. The van der Waals surface area contributed by atoms with Crippen LogP contribution in [0.3, 0.4) is 0 Å². The summed E-state index contributed by atoms with van der Waals surface area (Å²) in [6.07, 6.45) is 3.57. The van der Waals surface area contributed by atoms with Gasteiger partial charge < -0.3 is 10.6 Å². The fourth-order valence-corrected chi connectivity index (χ4v) is 3.53. The lowest BCUT2D eigenvalue weighted by atomic mass is 10.0. The van der Waals surface area contributed by atoms with Crippen LogP contribution in [0.15, 0.2) is 18.2 Å². The topological polar surface area (TPSA) is 49.6 Å². The maximum atomic E-state index is 12.8. The van der Waals surface area contributed by atoms with E-state index in [0.717, 1.165) is 30.6 Å². The zero-order valence-electron chi connectivity index (χ0n) is 12.7. The van der Waals surface area contributed by atoms with Gasteiger partial charge in [-0.2, -0.15) is 0 Å². The number of likely N-dealkylation sites (tertiary alicyclic amines) is 1. The molecule has 3 rings (SSSR count). The van der Waals surface area contributed by atoms with Gasteiger partial charge in [-0.05, 0) is 50.9 Å². The number of nitrogen functional groups attached to an aromatic ring is 1. The molecule has 2 N–H and O–H groups in total. The van der Waals surface area contributed by atoms with Crippen molar-refractivity contribution in [2.75, 3.05) is 25.9 Å². The van der Waals surface area contributed by atoms with Gasteiger partial charge >= 0.3 is 0 Å². The van der Waals surface area contributed by atoms with Gasteiger partial charge in [0, 0.05) is 36.4 Å². The molecule has 0 aromatic heterocycles. The van der Waals surface area contributed by atoms with E-state index in [1.165, 1.54) is 12.8 Å². The summed E-state index contributed by atoms with van der Waals surface area (Å²) in [5.74, 6) is 0.135. The maximum Gasteiger partial charge on any atom is 0.254 e. The number of carbonyl (C=O) groups is 1. The number of anilines is 1. The van der Waals surface area contributed by atoms with Gasteiger partial charge in [-0.1, -0.05) is 6.07 Å². The van der Waals surface area contributed by atoms with Gasteiger partial charge in [0.1, 0.15) is 0 Å². The molecule has 0 aliphatic carbocycles. The number of hydrogen-bond donors (Lipinski definition) is 1. The van der Waals surface area contributed by atoms with Crippen LogP contribution in [-0.2, 0) is 0 Å². The average molecular weight is 310 g/mol. The van der Waals surface area contributed by atoms with E-state index in [2.05, 4.69) is 11.9 Å². The minimum absolute atomic E-state index is 0. The molecule has 116 valence electrons. The molecule has 5 heteroatoms. The molecule has 2 aliphatic heterocycles. The molecule has 2 atom stereocenters. The molecule has 1 amide bonds. The van der Waals surface area contributed by atoms with Crippen LogP contribution < -0.4 is 5.73 Å². The average Bonchev–Trinajstić information content (AvgIpc) is 2.65. The first-order chi connectivity index (χ1) is 9.56. The lowest BCUT2D eigenvalue weighted by Gasteiger charge is -2.26. The van der Waals surface area contributed by atoms with Gasteiger partial charge in [-0.15, -0.1) is 12.4 Å². The van der Waals surface area contributed by atoms with E-state index in [0.29, 0.717) is 17.8 Å². The van der Waals surface area contributed by atoms with Crippen LogP contribution in [0.2, 0.25) is 0 Å². The smallest absolute Gasteiger partial charge is 0.254 e. The van der Waals surface area contributed by atoms with Gasteiger partial charge in [-0.25, -0.2) is 0 Å². The van der Waals surface area contributed by atoms with Gasteiger partial charge in [-0.3, -0.25) is 9.69 Å². The first-order valence-corrected chi connectivity index (χ1v) is 7.43. The largest absolute Gasteiger partial charge is 0.399 e. The molecule has 2 saturated heterocycles. The number of carbonyl (C=O) groups excluding carboxylic acids is 1. The molecule has 2 bridgehead atoms. The molecule has 0 saturated carbocycles. The van der Waals surface area contributed by atoms with Crippen LogP contribution in [0.1, 0.15) is 35.2 Å². The summed E-state index contributed by atoms with van der Waals surface area (Å²) < 4.78 is 0. The van der Waals surface area contributed by atoms with Crippen molar-refractivity contribution in [2.45, 2.75) is 38.3 Å². The summed E-state index contributed by atoms with van der Waals surface area (Å²) in [5.41, 5.74) is 8.25. The summed E-state index contributed by atoms with van der Waals surface area (Å²) in [7, 11) is 2.20. The Hall–Kier alpha value is -1.26. The first kappa shape index (κ1) is 16.1. The molecule has 2 unspecified atom stereocenters. The summed E-state index contributed by atoms with van der Waals surface area (Å²) in [4.78, 5) is 17.2. The lowest BCUT2D eigenvalue weighted by molar-refractivity contribution is 0.0739. The Kier molecular flexibility index (Phi) is 4.79. The molecular weight excluding hydrogens is 286 g/mol. The lowest BCUT2D eigenvalue weighted by Crippen LogP contribution is -2.39. The molecule has 0 spiro atoms. The highest BCUT2D eigenvalue weighted by Crippen LogP contribution is 2.29. The van der Waals surface area contributed by atoms with Gasteiger partial charge in [0.15, 0.2) is 0 Å². The number of hydrogen-bond acceptors (Lipinski definition) is 3. The van der Waals surface area contributed by atoms with E-state index in [1.54, 1.807) is 0 Å². The second-order valence-corrected chi connectivity index (χ2v) is 6.16. The number of rotatable bonds is 1. The Morgan fingerprint density at radius 3 is 2.71 bits per heavy atom. The fourth-order valence-electron chi connectivity index (χ4n) is 3.53. The van der Waals surface area contributed by atoms with Crippen LogP contribution in [0, 0.1) is 6.92 Å². The zero-order valence-corrected chi connectivity index (χ0v) is 13.5. The number of fused-ring (bicyclic) bond motifs is 2. The van der Waals surface area contributed by atoms with Crippen molar-refractivity contribution in [3.8, 4) is 0 Å². The number of aryl methyl sites for hydroxylation is 1. The van der Waals surface area contributed by atoms with Crippen LogP contribution in [0.5, 0.6) is 0 Å². The van der Waals surface area contributed by atoms with Crippen LogP contribution in [0.25, 0.3) is 0 Å². The summed E-state index contributed by atoms with van der Waals surface area (Å²) in [5, 5.41) is 0. The van der Waals surface area contributed by atoms with E-state index in [-0.39, 0.29) is 18.3 Å². The Bertz CT molecular complexity index is 534. The van der Waals surface area contributed by atoms with Crippen molar-refractivity contribution >= 4 is 24.0 Å². The molecule has 2 heterocycles. The Labute approximate surface area is 132 Å². The highest BCUT2D eigenvalue weighted by molar-refractivity contribution is 5.96. The second-order valence-electron chi connectivity index (χ2n) is 6.16. The number of nitrogens with zero attached hydrogens (tertiary/aromatic N) is 2. The minimum atomic E-state index is 0. The number of likely N-dealkylation sites (N-methyl/N-ethyl adjacent to an activating group) is 1. The van der Waals surface area contributed by atoms with Crippen molar-refractivity contribution in [1.29, 1.82) is 0 Å². The Balaban J connectivity index is 0.00000161. The van der Waals surface area contributed by atoms with Gasteiger partial charge in [0.25, 0.3) is 5.91 Å². The van der Waals surface area contributed by atoms with Gasteiger partial charge in [0.2, 0.25) is 0 Å². The third-order valence-electron chi connectivity index (χ3n) is 4.93. The monoisotopic (exact) mass is 309 g/mol. The third kappa shape index (κ3) is 3.01. The molecular formula is C16H24ClN3O. The quantitative estimate of drug-likeness (QED) is 0.810. The van der Waals surface area contributed by atoms with E-state index in [9.17, 15) is 4.79 Å². The van der Waals surface area contributed by atoms with E-state index in [1.807, 2.05) is 30.0 Å². The second kappa shape index (κ2) is 6.24. The van der Waals surface area contributed by atoms with Crippen molar-refractivity contribution in [2.24, 2.45) is 0 Å². The van der Waals surface area contributed by atoms with Crippen LogP contribution in [-0.4, -0.2) is 47.9 Å². The fraction of sp³-hybridized carbons (Fsp3) is 0.562. The molecule has 0 radical (unpaired) electrons. The molecule has 1 aromatic rings. The van der Waals surface area contributed by atoms with Crippen molar-refractivity contribution in [3.63, 3.8) is 0 Å². The first-order valence-electron chi connectivity index (χ1n) is 7.43. The number of benzene rings is 1. The van der Waals surface area contributed by atoms with E-state index < -0.39 is 0 Å². The number of amides is 1. The van der Waals surface area contributed by atoms with Crippen molar-refractivity contribution < 1.29 is 4.79 Å². The summed E-state index contributed by atoms with van der Waals surface area (Å²) in [6.45, 7) is 3.68. The Morgan fingerprint density at radius 1 is 1.24 bits per heavy atom. The number of halogens is 1. The number of nitrogens with two attached hydrogens (primary N) is 1. The summed E-state index contributed by atoms with van der Waals surface area (Å²) in [6, 6.07) is 6.76. The van der Waals surface area contributed by atoms with Crippen molar-refractivity contribution in [3.05, 3.63) is 29.3 Å². The standard InChI is InChI=1S/C16H23N3O.ClH/c1-11-3-4-12(17)9-15(11)16(20)19-8-7-13-5-6-14(10-19)18(13)2;/h3-4,9,13-14H,5-8,10,17H2,1-2H3;1H.